The number of carbonyl (C=O) groups excluding carboxylic acids is 1. The molecule has 1 fully saturated rings. The van der Waals surface area contributed by atoms with E-state index in [4.69, 9.17) is 11.6 Å². The van der Waals surface area contributed by atoms with E-state index in [1.807, 2.05) is 4.90 Å². The number of amides is 1. The Kier molecular flexibility index (Phi) is 6.07. The van der Waals surface area contributed by atoms with Crippen LogP contribution in [0.15, 0.2) is 30.3 Å². The SMILES string of the molecule is CC(C)N(Cc1ccccc1)CC1CCN(C(=O)CCl)C1. The summed E-state index contributed by atoms with van der Waals surface area (Å²) >= 11 is 5.64. The first-order chi connectivity index (χ1) is 10.1. The minimum absolute atomic E-state index is 0.0679. The summed E-state index contributed by atoms with van der Waals surface area (Å²) < 4.78 is 0. The van der Waals surface area contributed by atoms with E-state index < -0.39 is 0 Å². The number of carbonyl (C=O) groups is 1. The molecule has 0 N–H and O–H groups in total. The number of alkyl halides is 1. The molecule has 0 aromatic heterocycles. The van der Waals surface area contributed by atoms with Gasteiger partial charge in [0.05, 0.1) is 0 Å². The van der Waals surface area contributed by atoms with E-state index in [0.29, 0.717) is 12.0 Å². The maximum absolute atomic E-state index is 11.7. The van der Waals surface area contributed by atoms with Crippen molar-refractivity contribution in [3.8, 4) is 0 Å². The summed E-state index contributed by atoms with van der Waals surface area (Å²) in [6.45, 7) is 8.19. The molecule has 21 heavy (non-hydrogen) atoms. The van der Waals surface area contributed by atoms with Crippen molar-refractivity contribution in [2.24, 2.45) is 5.92 Å². The Morgan fingerprint density at radius 3 is 2.71 bits per heavy atom. The highest BCUT2D eigenvalue weighted by Crippen LogP contribution is 2.20. The van der Waals surface area contributed by atoms with Gasteiger partial charge in [-0.3, -0.25) is 9.69 Å². The minimum Gasteiger partial charge on any atom is -0.341 e. The normalized spacial score (nSPS) is 18.7. The van der Waals surface area contributed by atoms with Gasteiger partial charge in [0.15, 0.2) is 0 Å². The van der Waals surface area contributed by atoms with Crippen molar-refractivity contribution in [3.05, 3.63) is 35.9 Å². The summed E-state index contributed by atoms with van der Waals surface area (Å²) in [4.78, 5) is 16.0. The van der Waals surface area contributed by atoms with Crippen molar-refractivity contribution in [1.82, 2.24) is 9.80 Å². The molecule has 0 bridgehead atoms. The first kappa shape index (κ1) is 16.3. The second-order valence-corrected chi connectivity index (χ2v) is 6.40. The summed E-state index contributed by atoms with van der Waals surface area (Å²) in [7, 11) is 0. The molecule has 1 heterocycles. The fourth-order valence-electron chi connectivity index (χ4n) is 2.90. The van der Waals surface area contributed by atoms with E-state index in [1.54, 1.807) is 0 Å². The van der Waals surface area contributed by atoms with Gasteiger partial charge in [-0.05, 0) is 31.7 Å². The number of rotatable bonds is 6. The third kappa shape index (κ3) is 4.72. The van der Waals surface area contributed by atoms with Gasteiger partial charge in [0, 0.05) is 32.2 Å². The third-order valence-electron chi connectivity index (χ3n) is 4.20. The lowest BCUT2D eigenvalue weighted by molar-refractivity contribution is -0.127. The Morgan fingerprint density at radius 2 is 2.10 bits per heavy atom. The predicted octanol–water partition coefficient (Wildman–Crippen LogP) is 2.98. The molecule has 116 valence electrons. The first-order valence-electron chi connectivity index (χ1n) is 7.72. The zero-order valence-corrected chi connectivity index (χ0v) is 13.7. The molecule has 1 aliphatic heterocycles. The van der Waals surface area contributed by atoms with Crippen LogP contribution in [0.3, 0.4) is 0 Å². The summed E-state index contributed by atoms with van der Waals surface area (Å²) in [6.07, 6.45) is 1.08. The molecule has 0 aliphatic carbocycles. The van der Waals surface area contributed by atoms with Gasteiger partial charge >= 0.3 is 0 Å². The number of likely N-dealkylation sites (tertiary alicyclic amines) is 1. The van der Waals surface area contributed by atoms with E-state index in [2.05, 4.69) is 49.1 Å². The third-order valence-corrected chi connectivity index (χ3v) is 4.43. The molecule has 4 heteroatoms. The molecule has 1 saturated heterocycles. The number of benzene rings is 1. The highest BCUT2D eigenvalue weighted by atomic mass is 35.5. The molecular formula is C17H25ClN2O. The van der Waals surface area contributed by atoms with E-state index >= 15 is 0 Å². The van der Waals surface area contributed by atoms with Crippen molar-refractivity contribution < 1.29 is 4.79 Å². The van der Waals surface area contributed by atoms with Crippen LogP contribution in [0.1, 0.15) is 25.8 Å². The summed E-state index contributed by atoms with van der Waals surface area (Å²) in [6, 6.07) is 11.1. The van der Waals surface area contributed by atoms with Gasteiger partial charge in [-0.15, -0.1) is 11.6 Å². The molecule has 0 radical (unpaired) electrons. The minimum atomic E-state index is 0.0679. The molecule has 1 aliphatic rings. The van der Waals surface area contributed by atoms with Crippen LogP contribution in [0.5, 0.6) is 0 Å². The van der Waals surface area contributed by atoms with Crippen LogP contribution in [0.2, 0.25) is 0 Å². The number of hydrogen-bond donors (Lipinski definition) is 0. The van der Waals surface area contributed by atoms with E-state index in [-0.39, 0.29) is 11.8 Å². The molecular weight excluding hydrogens is 284 g/mol. The van der Waals surface area contributed by atoms with Crippen LogP contribution < -0.4 is 0 Å². The molecule has 0 spiro atoms. The Bertz CT molecular complexity index is 449. The van der Waals surface area contributed by atoms with E-state index in [9.17, 15) is 4.79 Å². The first-order valence-corrected chi connectivity index (χ1v) is 8.25. The van der Waals surface area contributed by atoms with Crippen molar-refractivity contribution in [3.63, 3.8) is 0 Å². The summed E-state index contributed by atoms with van der Waals surface area (Å²) in [5, 5.41) is 0. The quantitative estimate of drug-likeness (QED) is 0.754. The van der Waals surface area contributed by atoms with Gasteiger partial charge in [-0.1, -0.05) is 30.3 Å². The predicted molar refractivity (Wildman–Crippen MR) is 87.4 cm³/mol. The number of hydrogen-bond acceptors (Lipinski definition) is 2. The molecule has 1 unspecified atom stereocenters. The molecule has 1 amide bonds. The molecule has 3 nitrogen and oxygen atoms in total. The second kappa shape index (κ2) is 7.81. The molecule has 2 rings (SSSR count). The van der Waals surface area contributed by atoms with Crippen LogP contribution in [0.25, 0.3) is 0 Å². The van der Waals surface area contributed by atoms with Gasteiger partial charge in [-0.25, -0.2) is 0 Å². The van der Waals surface area contributed by atoms with Crippen molar-refractivity contribution in [2.45, 2.75) is 32.9 Å². The summed E-state index contributed by atoms with van der Waals surface area (Å²) in [5.41, 5.74) is 1.35. The maximum atomic E-state index is 11.7. The van der Waals surface area contributed by atoms with E-state index in [1.165, 1.54) is 5.56 Å². The van der Waals surface area contributed by atoms with E-state index in [0.717, 1.165) is 32.6 Å². The Labute approximate surface area is 132 Å². The highest BCUT2D eigenvalue weighted by Gasteiger charge is 2.27. The largest absolute Gasteiger partial charge is 0.341 e. The van der Waals surface area contributed by atoms with Crippen LogP contribution in [0.4, 0.5) is 0 Å². The Hall–Kier alpha value is -1.06. The number of halogens is 1. The second-order valence-electron chi connectivity index (χ2n) is 6.14. The van der Waals surface area contributed by atoms with Crippen LogP contribution in [0, 0.1) is 5.92 Å². The zero-order chi connectivity index (χ0) is 15.2. The van der Waals surface area contributed by atoms with Crippen molar-refractivity contribution in [1.29, 1.82) is 0 Å². The van der Waals surface area contributed by atoms with Gasteiger partial charge < -0.3 is 4.90 Å². The van der Waals surface area contributed by atoms with Crippen LogP contribution in [-0.4, -0.2) is 47.3 Å². The molecule has 1 aromatic carbocycles. The van der Waals surface area contributed by atoms with Crippen LogP contribution >= 0.6 is 11.6 Å². The topological polar surface area (TPSA) is 23.6 Å². The number of nitrogens with zero attached hydrogens (tertiary/aromatic N) is 2. The zero-order valence-electron chi connectivity index (χ0n) is 13.0. The monoisotopic (exact) mass is 308 g/mol. The van der Waals surface area contributed by atoms with Crippen molar-refractivity contribution >= 4 is 17.5 Å². The average Bonchev–Trinajstić information content (AvgIpc) is 2.95. The molecule has 1 atom stereocenters. The highest BCUT2D eigenvalue weighted by molar-refractivity contribution is 6.27. The van der Waals surface area contributed by atoms with Gasteiger partial charge in [-0.2, -0.15) is 0 Å². The average molecular weight is 309 g/mol. The van der Waals surface area contributed by atoms with Gasteiger partial charge in [0.25, 0.3) is 0 Å². The lowest BCUT2D eigenvalue weighted by Gasteiger charge is -2.29. The standard InChI is InChI=1S/C17H25ClN2O/c1-14(2)20(11-15-6-4-3-5-7-15)13-16-8-9-19(12-16)17(21)10-18/h3-7,14,16H,8-13H2,1-2H3. The fourth-order valence-corrected chi connectivity index (χ4v) is 3.07. The smallest absolute Gasteiger partial charge is 0.237 e. The molecule has 0 saturated carbocycles. The van der Waals surface area contributed by atoms with Crippen LogP contribution in [-0.2, 0) is 11.3 Å². The van der Waals surface area contributed by atoms with Crippen molar-refractivity contribution in [2.75, 3.05) is 25.5 Å². The fraction of sp³-hybridized carbons (Fsp3) is 0.588. The molecule has 1 aromatic rings. The lowest BCUT2D eigenvalue weighted by Crippen LogP contribution is -2.36. The van der Waals surface area contributed by atoms with Gasteiger partial charge in [0.2, 0.25) is 5.91 Å². The maximum Gasteiger partial charge on any atom is 0.237 e. The summed E-state index contributed by atoms with van der Waals surface area (Å²) in [5.74, 6) is 0.728. The lowest BCUT2D eigenvalue weighted by atomic mass is 10.1. The Balaban J connectivity index is 1.90. The van der Waals surface area contributed by atoms with Gasteiger partial charge in [0.1, 0.15) is 5.88 Å². The Morgan fingerprint density at radius 1 is 1.38 bits per heavy atom.